The molecule has 2 aromatic rings. The maximum absolute atomic E-state index is 12.1. The van der Waals surface area contributed by atoms with E-state index in [4.69, 9.17) is 4.42 Å². The number of aryl methyl sites for hydroxylation is 1. The second kappa shape index (κ2) is 6.64. The smallest absolute Gasteiger partial charge is 0.254 e. The van der Waals surface area contributed by atoms with Crippen molar-refractivity contribution in [3.8, 4) is 0 Å². The van der Waals surface area contributed by atoms with Crippen LogP contribution in [0.15, 0.2) is 41.1 Å². The predicted octanol–water partition coefficient (Wildman–Crippen LogP) is 2.63. The van der Waals surface area contributed by atoms with Crippen LogP contribution in [-0.4, -0.2) is 30.5 Å². The highest BCUT2D eigenvalue weighted by molar-refractivity contribution is 5.95. The number of hydrogen-bond acceptors (Lipinski definition) is 4. The first-order valence-electron chi connectivity index (χ1n) is 7.72. The van der Waals surface area contributed by atoms with E-state index >= 15 is 0 Å². The summed E-state index contributed by atoms with van der Waals surface area (Å²) in [6, 6.07) is 7.69. The monoisotopic (exact) mass is 299 g/mol. The zero-order valence-corrected chi connectivity index (χ0v) is 12.8. The molecule has 0 radical (unpaired) electrons. The van der Waals surface area contributed by atoms with Crippen molar-refractivity contribution in [2.45, 2.75) is 19.8 Å². The highest BCUT2D eigenvalue weighted by Gasteiger charge is 2.22. The molecule has 3 rings (SSSR count). The van der Waals surface area contributed by atoms with Gasteiger partial charge in [0.2, 0.25) is 0 Å². The average Bonchev–Trinajstić information content (AvgIpc) is 3.00. The van der Waals surface area contributed by atoms with Crippen molar-refractivity contribution in [2.75, 3.05) is 24.5 Å². The summed E-state index contributed by atoms with van der Waals surface area (Å²) in [5.74, 6) is 2.08. The van der Waals surface area contributed by atoms with Gasteiger partial charge in [0, 0.05) is 25.8 Å². The summed E-state index contributed by atoms with van der Waals surface area (Å²) < 4.78 is 5.18. The minimum atomic E-state index is -0.0544. The summed E-state index contributed by atoms with van der Waals surface area (Å²) >= 11 is 0. The van der Waals surface area contributed by atoms with Crippen molar-refractivity contribution in [3.05, 3.63) is 48.0 Å². The molecule has 1 N–H and O–H groups in total. The molecule has 1 aliphatic rings. The van der Waals surface area contributed by atoms with Gasteiger partial charge in [-0.2, -0.15) is 0 Å². The Morgan fingerprint density at radius 2 is 2.36 bits per heavy atom. The number of rotatable bonds is 4. The highest BCUT2D eigenvalue weighted by Crippen LogP contribution is 2.21. The molecule has 5 nitrogen and oxygen atoms in total. The molecule has 0 saturated carbocycles. The zero-order valence-electron chi connectivity index (χ0n) is 12.8. The van der Waals surface area contributed by atoms with E-state index in [0.29, 0.717) is 23.8 Å². The van der Waals surface area contributed by atoms with Gasteiger partial charge in [0.05, 0.1) is 11.8 Å². The zero-order chi connectivity index (χ0) is 15.4. The van der Waals surface area contributed by atoms with Crippen LogP contribution in [0.5, 0.6) is 0 Å². The lowest BCUT2D eigenvalue weighted by Crippen LogP contribution is -2.41. The lowest BCUT2D eigenvalue weighted by molar-refractivity contribution is 0.0944. The number of carbonyl (C=O) groups excluding carboxylic acids is 1. The molecule has 1 fully saturated rings. The van der Waals surface area contributed by atoms with Gasteiger partial charge >= 0.3 is 0 Å². The molecule has 0 spiro atoms. The topological polar surface area (TPSA) is 58.4 Å². The standard InChI is InChI=1S/C17H21N3O2/c1-13-15(7-10-22-13)17(21)19-11-14-5-4-9-20(12-14)16-6-2-3-8-18-16/h2-3,6-8,10,14H,4-5,9,11-12H2,1H3,(H,19,21)/t14-/m0/s1. The summed E-state index contributed by atoms with van der Waals surface area (Å²) in [6.07, 6.45) is 5.63. The molecule has 0 aromatic carbocycles. The van der Waals surface area contributed by atoms with Gasteiger partial charge < -0.3 is 14.6 Å². The van der Waals surface area contributed by atoms with Crippen LogP contribution in [0.4, 0.5) is 5.82 Å². The van der Waals surface area contributed by atoms with Gasteiger partial charge in [-0.15, -0.1) is 0 Å². The molecular formula is C17H21N3O2. The Bertz CT molecular complexity index is 624. The minimum Gasteiger partial charge on any atom is -0.469 e. The molecule has 0 aliphatic carbocycles. The first kappa shape index (κ1) is 14.6. The van der Waals surface area contributed by atoms with E-state index in [-0.39, 0.29) is 5.91 Å². The highest BCUT2D eigenvalue weighted by atomic mass is 16.3. The van der Waals surface area contributed by atoms with E-state index in [1.807, 2.05) is 24.4 Å². The van der Waals surface area contributed by atoms with Crippen LogP contribution in [0, 0.1) is 12.8 Å². The molecule has 0 bridgehead atoms. The number of hydrogen-bond donors (Lipinski definition) is 1. The first-order valence-corrected chi connectivity index (χ1v) is 7.72. The molecule has 22 heavy (non-hydrogen) atoms. The van der Waals surface area contributed by atoms with Gasteiger partial charge in [-0.1, -0.05) is 6.07 Å². The fourth-order valence-electron chi connectivity index (χ4n) is 2.93. The van der Waals surface area contributed by atoms with Crippen LogP contribution in [-0.2, 0) is 0 Å². The van der Waals surface area contributed by atoms with Crippen molar-refractivity contribution in [1.29, 1.82) is 0 Å². The Labute approximate surface area is 130 Å². The number of nitrogens with one attached hydrogen (secondary N) is 1. The molecule has 1 amide bonds. The summed E-state index contributed by atoms with van der Waals surface area (Å²) in [5.41, 5.74) is 0.623. The molecule has 1 aliphatic heterocycles. The second-order valence-corrected chi connectivity index (χ2v) is 5.74. The predicted molar refractivity (Wildman–Crippen MR) is 85.0 cm³/mol. The number of amides is 1. The normalized spacial score (nSPS) is 18.2. The van der Waals surface area contributed by atoms with Gasteiger partial charge in [0.15, 0.2) is 0 Å². The molecule has 5 heteroatoms. The van der Waals surface area contributed by atoms with Crippen LogP contribution in [0.3, 0.4) is 0 Å². The number of furan rings is 1. The van der Waals surface area contributed by atoms with Crippen LogP contribution in [0.1, 0.15) is 29.0 Å². The largest absolute Gasteiger partial charge is 0.469 e. The number of piperidine rings is 1. The van der Waals surface area contributed by atoms with Crippen molar-refractivity contribution in [3.63, 3.8) is 0 Å². The minimum absolute atomic E-state index is 0.0544. The van der Waals surface area contributed by atoms with Crippen molar-refractivity contribution in [1.82, 2.24) is 10.3 Å². The van der Waals surface area contributed by atoms with Gasteiger partial charge in [0.1, 0.15) is 11.6 Å². The molecule has 3 heterocycles. The quantitative estimate of drug-likeness (QED) is 0.943. The molecule has 1 atom stereocenters. The van der Waals surface area contributed by atoms with Crippen LogP contribution in [0.25, 0.3) is 0 Å². The second-order valence-electron chi connectivity index (χ2n) is 5.74. The fraction of sp³-hybridized carbons (Fsp3) is 0.412. The maximum atomic E-state index is 12.1. The number of aromatic nitrogens is 1. The van der Waals surface area contributed by atoms with E-state index in [9.17, 15) is 4.79 Å². The van der Waals surface area contributed by atoms with Crippen molar-refractivity contribution >= 4 is 11.7 Å². The van der Waals surface area contributed by atoms with E-state index in [2.05, 4.69) is 15.2 Å². The third kappa shape index (κ3) is 3.30. The molecular weight excluding hydrogens is 278 g/mol. The number of anilines is 1. The summed E-state index contributed by atoms with van der Waals surface area (Å²) in [4.78, 5) is 18.8. The third-order valence-corrected chi connectivity index (χ3v) is 4.15. The Kier molecular flexibility index (Phi) is 4.42. The Morgan fingerprint density at radius 3 is 3.09 bits per heavy atom. The van der Waals surface area contributed by atoms with Crippen molar-refractivity contribution in [2.24, 2.45) is 5.92 Å². The Hall–Kier alpha value is -2.30. The summed E-state index contributed by atoms with van der Waals surface area (Å²) in [7, 11) is 0. The van der Waals surface area contributed by atoms with E-state index < -0.39 is 0 Å². The molecule has 2 aromatic heterocycles. The summed E-state index contributed by atoms with van der Waals surface area (Å²) in [6.45, 7) is 4.45. The van der Waals surface area contributed by atoms with E-state index in [0.717, 1.165) is 31.7 Å². The first-order chi connectivity index (χ1) is 10.7. The molecule has 116 valence electrons. The maximum Gasteiger partial charge on any atom is 0.254 e. The SMILES string of the molecule is Cc1occc1C(=O)NC[C@@H]1CCCN(c2ccccn2)C1. The van der Waals surface area contributed by atoms with E-state index in [1.54, 1.807) is 19.3 Å². The van der Waals surface area contributed by atoms with Crippen LogP contribution >= 0.6 is 0 Å². The lowest BCUT2D eigenvalue weighted by atomic mass is 9.98. The van der Waals surface area contributed by atoms with Gasteiger partial charge in [0.25, 0.3) is 5.91 Å². The number of pyridine rings is 1. The molecule has 1 saturated heterocycles. The van der Waals surface area contributed by atoms with Crippen molar-refractivity contribution < 1.29 is 9.21 Å². The third-order valence-electron chi connectivity index (χ3n) is 4.15. The average molecular weight is 299 g/mol. The van der Waals surface area contributed by atoms with E-state index in [1.165, 1.54) is 0 Å². The van der Waals surface area contributed by atoms with Gasteiger partial charge in [-0.05, 0) is 43.9 Å². The van der Waals surface area contributed by atoms with Gasteiger partial charge in [-0.3, -0.25) is 4.79 Å². The van der Waals surface area contributed by atoms with Crippen LogP contribution < -0.4 is 10.2 Å². The summed E-state index contributed by atoms with van der Waals surface area (Å²) in [5, 5.41) is 3.02. The lowest BCUT2D eigenvalue weighted by Gasteiger charge is -2.33. The van der Waals surface area contributed by atoms with Crippen LogP contribution in [0.2, 0.25) is 0 Å². The number of carbonyl (C=O) groups is 1. The van der Waals surface area contributed by atoms with Gasteiger partial charge in [-0.25, -0.2) is 4.98 Å². The Morgan fingerprint density at radius 1 is 1.45 bits per heavy atom. The Balaban J connectivity index is 1.55. The number of nitrogens with zero attached hydrogens (tertiary/aromatic N) is 2. The molecule has 0 unspecified atom stereocenters. The fourth-order valence-corrected chi connectivity index (χ4v) is 2.93.